The van der Waals surface area contributed by atoms with Gasteiger partial charge in [0.25, 0.3) is 0 Å². The third-order valence-electron chi connectivity index (χ3n) is 3.20. The van der Waals surface area contributed by atoms with Crippen LogP contribution in [0.2, 0.25) is 0 Å². The van der Waals surface area contributed by atoms with Crippen LogP contribution in [0, 0.1) is 0 Å². The predicted octanol–water partition coefficient (Wildman–Crippen LogP) is 0.713. The van der Waals surface area contributed by atoms with E-state index in [9.17, 15) is 19.8 Å². The molecule has 2 atom stereocenters. The zero-order valence-electron chi connectivity index (χ0n) is 11.6. The summed E-state index contributed by atoms with van der Waals surface area (Å²) in [5.74, 6) is -0.194. The van der Waals surface area contributed by atoms with E-state index in [0.717, 1.165) is 0 Å². The second-order valence-corrected chi connectivity index (χ2v) is 4.82. The molecule has 3 N–H and O–H groups in total. The molecule has 0 saturated carbocycles. The van der Waals surface area contributed by atoms with E-state index in [1.165, 1.54) is 25.3 Å². The first-order chi connectivity index (χ1) is 9.99. The Morgan fingerprint density at radius 1 is 1.33 bits per heavy atom. The minimum Gasteiger partial charge on any atom is -0.464 e. The smallest absolute Gasteiger partial charge is 0.216 e. The van der Waals surface area contributed by atoms with Crippen molar-refractivity contribution in [3.05, 3.63) is 46.3 Å². The first kappa shape index (κ1) is 15.2. The number of aliphatic hydroxyl groups is 2. The lowest BCUT2D eigenvalue weighted by Gasteiger charge is -2.18. The van der Waals surface area contributed by atoms with Crippen molar-refractivity contribution in [3.63, 3.8) is 0 Å². The van der Waals surface area contributed by atoms with E-state index < -0.39 is 12.2 Å². The van der Waals surface area contributed by atoms with E-state index in [2.05, 4.69) is 5.32 Å². The average molecular weight is 291 g/mol. The van der Waals surface area contributed by atoms with Crippen LogP contribution in [-0.4, -0.2) is 28.8 Å². The Hall–Kier alpha value is -2.18. The lowest BCUT2D eigenvalue weighted by Crippen LogP contribution is -2.27. The summed E-state index contributed by atoms with van der Waals surface area (Å²) < 4.78 is 5.19. The Morgan fingerprint density at radius 3 is 2.81 bits per heavy atom. The minimum atomic E-state index is -1.14. The number of carbonyl (C=O) groups excluding carboxylic acids is 1. The lowest BCUT2D eigenvalue weighted by atomic mass is 10.0. The number of hydrogen-bond acceptors (Lipinski definition) is 5. The molecule has 1 aromatic heterocycles. The topological polar surface area (TPSA) is 99.8 Å². The van der Waals surface area contributed by atoms with Gasteiger partial charge in [0.2, 0.25) is 5.91 Å². The van der Waals surface area contributed by atoms with Crippen molar-refractivity contribution >= 4 is 16.9 Å². The maximum absolute atomic E-state index is 11.7. The largest absolute Gasteiger partial charge is 0.464 e. The van der Waals surface area contributed by atoms with Crippen molar-refractivity contribution in [2.75, 3.05) is 6.54 Å². The van der Waals surface area contributed by atoms with Gasteiger partial charge in [0.15, 0.2) is 5.43 Å². The van der Waals surface area contributed by atoms with Gasteiger partial charge in [0.05, 0.1) is 17.8 Å². The summed E-state index contributed by atoms with van der Waals surface area (Å²) >= 11 is 0. The van der Waals surface area contributed by atoms with Gasteiger partial charge in [-0.15, -0.1) is 0 Å². The molecule has 2 rings (SSSR count). The first-order valence-corrected chi connectivity index (χ1v) is 6.61. The molecule has 0 aliphatic carbocycles. The van der Waals surface area contributed by atoms with Crippen LogP contribution in [0.25, 0.3) is 11.0 Å². The highest BCUT2D eigenvalue weighted by molar-refractivity contribution is 5.77. The standard InChI is InChI=1S/C15H17NO5/c1-9(17)16-6-4-13(19)15(20)10-2-3-14-11(8-10)12(18)5-7-21-14/h2-3,5,7-8,13,15,19-20H,4,6H2,1H3,(H,16,17). The molecule has 1 aromatic carbocycles. The van der Waals surface area contributed by atoms with Crippen LogP contribution in [0.15, 0.2) is 39.7 Å². The summed E-state index contributed by atoms with van der Waals surface area (Å²) in [4.78, 5) is 22.5. The normalized spacial score (nSPS) is 13.9. The Kier molecular flexibility index (Phi) is 4.72. The molecular formula is C15H17NO5. The highest BCUT2D eigenvalue weighted by atomic mass is 16.3. The summed E-state index contributed by atoms with van der Waals surface area (Å²) in [6, 6.07) is 5.98. The fraction of sp³-hybridized carbons (Fsp3) is 0.333. The first-order valence-electron chi connectivity index (χ1n) is 6.61. The highest BCUT2D eigenvalue weighted by Crippen LogP contribution is 2.22. The quantitative estimate of drug-likeness (QED) is 0.753. The fourth-order valence-electron chi connectivity index (χ4n) is 2.06. The van der Waals surface area contributed by atoms with E-state index in [-0.39, 0.29) is 24.3 Å². The third-order valence-corrected chi connectivity index (χ3v) is 3.20. The number of hydrogen-bond donors (Lipinski definition) is 3. The van der Waals surface area contributed by atoms with Crippen molar-refractivity contribution in [2.45, 2.75) is 25.6 Å². The molecule has 1 amide bonds. The van der Waals surface area contributed by atoms with Gasteiger partial charge >= 0.3 is 0 Å². The van der Waals surface area contributed by atoms with E-state index in [0.29, 0.717) is 16.5 Å². The third kappa shape index (κ3) is 3.68. The Morgan fingerprint density at radius 2 is 2.10 bits per heavy atom. The van der Waals surface area contributed by atoms with Gasteiger partial charge in [-0.05, 0) is 24.1 Å². The second-order valence-electron chi connectivity index (χ2n) is 4.82. The molecule has 112 valence electrons. The monoisotopic (exact) mass is 291 g/mol. The van der Waals surface area contributed by atoms with Crippen LogP contribution in [-0.2, 0) is 4.79 Å². The van der Waals surface area contributed by atoms with Gasteiger partial charge in [0.1, 0.15) is 11.7 Å². The van der Waals surface area contributed by atoms with E-state index in [4.69, 9.17) is 4.42 Å². The van der Waals surface area contributed by atoms with Gasteiger partial charge in [-0.3, -0.25) is 9.59 Å². The van der Waals surface area contributed by atoms with Gasteiger partial charge < -0.3 is 19.9 Å². The summed E-state index contributed by atoms with van der Waals surface area (Å²) in [5, 5.41) is 22.9. The van der Waals surface area contributed by atoms with Crippen LogP contribution < -0.4 is 10.7 Å². The molecule has 21 heavy (non-hydrogen) atoms. The molecule has 6 heteroatoms. The molecule has 6 nitrogen and oxygen atoms in total. The maximum atomic E-state index is 11.7. The molecule has 0 radical (unpaired) electrons. The number of carbonyl (C=O) groups is 1. The fourth-order valence-corrected chi connectivity index (χ4v) is 2.06. The Bertz CT molecular complexity index is 694. The molecule has 0 bridgehead atoms. The molecular weight excluding hydrogens is 274 g/mol. The van der Waals surface area contributed by atoms with E-state index in [1.54, 1.807) is 12.1 Å². The summed E-state index contributed by atoms with van der Waals surface area (Å²) in [6.45, 7) is 1.65. The van der Waals surface area contributed by atoms with Crippen molar-refractivity contribution < 1.29 is 19.4 Å². The van der Waals surface area contributed by atoms with Crippen molar-refractivity contribution in [3.8, 4) is 0 Å². The van der Waals surface area contributed by atoms with Gasteiger partial charge in [-0.2, -0.15) is 0 Å². The summed E-state index contributed by atoms with van der Waals surface area (Å²) in [6.07, 6.45) is -0.654. The number of nitrogens with one attached hydrogen (secondary N) is 1. The molecule has 2 unspecified atom stereocenters. The van der Waals surface area contributed by atoms with Crippen LogP contribution >= 0.6 is 0 Å². The van der Waals surface area contributed by atoms with Crippen LogP contribution in [0.4, 0.5) is 0 Å². The number of rotatable bonds is 5. The van der Waals surface area contributed by atoms with Crippen LogP contribution in [0.1, 0.15) is 25.0 Å². The lowest BCUT2D eigenvalue weighted by molar-refractivity contribution is -0.119. The number of aliphatic hydroxyl groups excluding tert-OH is 2. The molecule has 1 heterocycles. The van der Waals surface area contributed by atoms with Crippen LogP contribution in [0.3, 0.4) is 0 Å². The molecule has 0 aliphatic heterocycles. The number of benzene rings is 1. The van der Waals surface area contributed by atoms with E-state index >= 15 is 0 Å². The average Bonchev–Trinajstić information content (AvgIpc) is 2.46. The van der Waals surface area contributed by atoms with Gasteiger partial charge in [-0.25, -0.2) is 0 Å². The maximum Gasteiger partial charge on any atom is 0.216 e. The zero-order chi connectivity index (χ0) is 15.4. The number of fused-ring (bicyclic) bond motifs is 1. The summed E-state index contributed by atoms with van der Waals surface area (Å²) in [5.41, 5.74) is 0.639. The van der Waals surface area contributed by atoms with Crippen molar-refractivity contribution in [2.24, 2.45) is 0 Å². The van der Waals surface area contributed by atoms with E-state index in [1.807, 2.05) is 0 Å². The second kappa shape index (κ2) is 6.51. The highest BCUT2D eigenvalue weighted by Gasteiger charge is 2.19. The molecule has 0 aliphatic rings. The van der Waals surface area contributed by atoms with Crippen molar-refractivity contribution in [1.82, 2.24) is 5.32 Å². The Labute approximate surface area is 121 Å². The molecule has 2 aromatic rings. The molecule has 0 saturated heterocycles. The van der Waals surface area contributed by atoms with Gasteiger partial charge in [0, 0.05) is 19.5 Å². The zero-order valence-corrected chi connectivity index (χ0v) is 11.6. The minimum absolute atomic E-state index is 0.194. The molecule has 0 spiro atoms. The van der Waals surface area contributed by atoms with Gasteiger partial charge in [-0.1, -0.05) is 6.07 Å². The van der Waals surface area contributed by atoms with Crippen molar-refractivity contribution in [1.29, 1.82) is 0 Å². The molecule has 0 fully saturated rings. The SMILES string of the molecule is CC(=O)NCCC(O)C(O)c1ccc2occc(=O)c2c1. The van der Waals surface area contributed by atoms with Crippen LogP contribution in [0.5, 0.6) is 0 Å². The number of amides is 1. The Balaban J connectivity index is 2.15. The summed E-state index contributed by atoms with van der Waals surface area (Å²) in [7, 11) is 0. The predicted molar refractivity (Wildman–Crippen MR) is 76.8 cm³/mol.